The van der Waals surface area contributed by atoms with E-state index in [1.165, 1.54) is 5.06 Å². The van der Waals surface area contributed by atoms with Crippen LogP contribution < -0.4 is 5.32 Å². The lowest BCUT2D eigenvalue weighted by Gasteiger charge is -2.34. The first kappa shape index (κ1) is 25.6. The van der Waals surface area contributed by atoms with Crippen LogP contribution >= 0.6 is 8.15 Å². The van der Waals surface area contributed by atoms with Gasteiger partial charge in [0.25, 0.3) is 5.91 Å². The van der Waals surface area contributed by atoms with E-state index in [0.29, 0.717) is 13.2 Å². The Balaban J connectivity index is 4.49. The van der Waals surface area contributed by atoms with E-state index in [1.54, 1.807) is 48.5 Å². The first-order valence-corrected chi connectivity index (χ1v) is 10.3. The average Bonchev–Trinajstić information content (AvgIpc) is 2.57. The second-order valence-corrected chi connectivity index (χ2v) is 8.50. The van der Waals surface area contributed by atoms with Crippen molar-refractivity contribution in [3.05, 3.63) is 0 Å². The fraction of sp³-hybridized carbons (Fsp3) is 0.938. The first-order chi connectivity index (χ1) is 12.0. The molecule has 0 aliphatic carbocycles. The van der Waals surface area contributed by atoms with Crippen LogP contribution in [0.4, 0.5) is 0 Å². The van der Waals surface area contributed by atoms with Crippen molar-refractivity contribution in [2.75, 3.05) is 47.2 Å². The molecule has 4 unspecified atom stereocenters. The van der Waals surface area contributed by atoms with E-state index < -0.39 is 31.9 Å². The molecule has 10 heteroatoms. The van der Waals surface area contributed by atoms with Gasteiger partial charge in [0.15, 0.2) is 0 Å². The minimum Gasteiger partial charge on any atom is -0.393 e. The van der Waals surface area contributed by atoms with Gasteiger partial charge >= 0.3 is 0 Å². The van der Waals surface area contributed by atoms with Crippen LogP contribution in [0.2, 0.25) is 0 Å². The van der Waals surface area contributed by atoms with E-state index in [0.717, 1.165) is 0 Å². The molecule has 0 fully saturated rings. The normalized spacial score (nSPS) is 17.0. The van der Waals surface area contributed by atoms with Crippen LogP contribution in [0.1, 0.15) is 27.7 Å². The minimum atomic E-state index is -1.07. The van der Waals surface area contributed by atoms with Crippen molar-refractivity contribution in [3.8, 4) is 0 Å². The molecule has 0 aromatic heterocycles. The second-order valence-electron chi connectivity index (χ2n) is 6.41. The number of hydrogen-bond donors (Lipinski definition) is 3. The molecule has 3 N–H and O–H groups in total. The molecule has 0 saturated heterocycles. The van der Waals surface area contributed by atoms with Gasteiger partial charge in [-0.25, -0.2) is 0 Å². The summed E-state index contributed by atoms with van der Waals surface area (Å²) in [6, 6.07) is 0. The standard InChI is InChI=1S/C16H35N2O7P/c1-12(24-16(3,4)15(21)17-8-9-22-6)18(5)25-14(10-19)11-23-26(7)13(2)20/h12-14,19-20H,8-11H2,1-7H3,(H,17,21). The molecule has 0 spiro atoms. The van der Waals surface area contributed by atoms with Gasteiger partial charge < -0.3 is 29.5 Å². The Hall–Kier alpha value is -0.380. The number of hydroxylamine groups is 2. The maximum Gasteiger partial charge on any atom is 0.251 e. The van der Waals surface area contributed by atoms with Gasteiger partial charge in [-0.05, 0) is 34.4 Å². The van der Waals surface area contributed by atoms with Crippen LogP contribution in [0.3, 0.4) is 0 Å². The van der Waals surface area contributed by atoms with Gasteiger partial charge in [0.05, 0.1) is 33.8 Å². The van der Waals surface area contributed by atoms with Gasteiger partial charge in [0.1, 0.15) is 17.9 Å². The Kier molecular flexibility index (Phi) is 12.7. The summed E-state index contributed by atoms with van der Waals surface area (Å²) < 4.78 is 16.2. The number of carbonyl (C=O) groups is 1. The summed E-state index contributed by atoms with van der Waals surface area (Å²) in [6.45, 7) is 9.24. The van der Waals surface area contributed by atoms with E-state index in [2.05, 4.69) is 5.32 Å². The molecule has 9 nitrogen and oxygen atoms in total. The molecular formula is C16H35N2O7P. The lowest BCUT2D eigenvalue weighted by molar-refractivity contribution is -0.282. The number of carbonyl (C=O) groups excluding carboxylic acids is 1. The van der Waals surface area contributed by atoms with Crippen LogP contribution in [-0.2, 0) is 23.6 Å². The number of rotatable bonds is 14. The smallest absolute Gasteiger partial charge is 0.251 e. The van der Waals surface area contributed by atoms with E-state index in [9.17, 15) is 15.0 Å². The zero-order valence-corrected chi connectivity index (χ0v) is 17.8. The highest BCUT2D eigenvalue weighted by Crippen LogP contribution is 2.36. The van der Waals surface area contributed by atoms with Gasteiger partial charge in [-0.3, -0.25) is 9.63 Å². The van der Waals surface area contributed by atoms with Gasteiger partial charge in [-0.15, -0.1) is 0 Å². The highest BCUT2D eigenvalue weighted by atomic mass is 31.1. The van der Waals surface area contributed by atoms with Crippen molar-refractivity contribution >= 4 is 14.1 Å². The van der Waals surface area contributed by atoms with Crippen LogP contribution in [0, 0.1) is 0 Å². The van der Waals surface area contributed by atoms with Crippen molar-refractivity contribution in [2.45, 2.75) is 51.5 Å². The third-order valence-electron chi connectivity index (χ3n) is 3.63. The number of amides is 1. The third kappa shape index (κ3) is 10.1. The number of hydrogen-bond acceptors (Lipinski definition) is 8. The van der Waals surface area contributed by atoms with Gasteiger partial charge in [-0.1, -0.05) is 0 Å². The summed E-state index contributed by atoms with van der Waals surface area (Å²) in [4.78, 5) is 17.8. The first-order valence-electron chi connectivity index (χ1n) is 8.54. The molecule has 4 atom stereocenters. The Morgan fingerprint density at radius 2 is 1.96 bits per heavy atom. The number of aliphatic hydroxyl groups excluding tert-OH is 2. The summed E-state index contributed by atoms with van der Waals surface area (Å²) in [5.74, 6) is -0.813. The maximum absolute atomic E-state index is 12.2. The molecule has 26 heavy (non-hydrogen) atoms. The predicted octanol–water partition coefficient (Wildman–Crippen LogP) is 0.496. The lowest BCUT2D eigenvalue weighted by atomic mass is 10.1. The lowest BCUT2D eigenvalue weighted by Crippen LogP contribution is -2.50. The van der Waals surface area contributed by atoms with E-state index in [1.807, 2.05) is 0 Å². The van der Waals surface area contributed by atoms with Crippen LogP contribution in [0.5, 0.6) is 0 Å². The third-order valence-corrected chi connectivity index (χ3v) is 5.23. The molecular weight excluding hydrogens is 363 g/mol. The van der Waals surface area contributed by atoms with Crippen molar-refractivity contribution in [3.63, 3.8) is 0 Å². The van der Waals surface area contributed by atoms with Crippen molar-refractivity contribution in [1.82, 2.24) is 10.4 Å². The van der Waals surface area contributed by atoms with Gasteiger partial charge in [-0.2, -0.15) is 5.06 Å². The summed E-state index contributed by atoms with van der Waals surface area (Å²) in [5.41, 5.74) is -1.07. The van der Waals surface area contributed by atoms with Crippen molar-refractivity contribution in [1.29, 1.82) is 0 Å². The van der Waals surface area contributed by atoms with E-state index >= 15 is 0 Å². The molecule has 0 aromatic carbocycles. The van der Waals surface area contributed by atoms with Crippen molar-refractivity contribution in [2.24, 2.45) is 0 Å². The topological polar surface area (TPSA) is 110 Å². The molecule has 0 aliphatic heterocycles. The van der Waals surface area contributed by atoms with E-state index in [4.69, 9.17) is 18.8 Å². The largest absolute Gasteiger partial charge is 0.393 e. The zero-order chi connectivity index (χ0) is 20.3. The Morgan fingerprint density at radius 3 is 2.46 bits per heavy atom. The summed E-state index contributed by atoms with van der Waals surface area (Å²) in [7, 11) is 2.21. The SMILES string of the molecule is COCCNC(=O)C(C)(C)OC(C)N(C)OC(CO)COP(C)C(C)O. The second kappa shape index (κ2) is 12.9. The number of methoxy groups -OCH3 is 1. The number of aliphatic hydroxyl groups is 2. The average molecular weight is 398 g/mol. The highest BCUT2D eigenvalue weighted by molar-refractivity contribution is 7.52. The fourth-order valence-corrected chi connectivity index (χ4v) is 2.40. The molecule has 1 amide bonds. The Labute approximate surface area is 157 Å². The zero-order valence-electron chi connectivity index (χ0n) is 16.9. The quantitative estimate of drug-likeness (QED) is 0.168. The van der Waals surface area contributed by atoms with E-state index in [-0.39, 0.29) is 19.1 Å². The summed E-state index contributed by atoms with van der Waals surface area (Å²) in [5, 5.41) is 23.1. The Bertz CT molecular complexity index is 399. The monoisotopic (exact) mass is 398 g/mol. The molecule has 0 aromatic rings. The van der Waals surface area contributed by atoms with Gasteiger partial charge in [0.2, 0.25) is 0 Å². The van der Waals surface area contributed by atoms with Crippen LogP contribution in [0.25, 0.3) is 0 Å². The predicted molar refractivity (Wildman–Crippen MR) is 99.7 cm³/mol. The fourth-order valence-electron chi connectivity index (χ4n) is 1.78. The molecule has 0 aliphatic rings. The van der Waals surface area contributed by atoms with Crippen LogP contribution in [-0.4, -0.2) is 92.1 Å². The molecule has 0 bridgehead atoms. The highest BCUT2D eigenvalue weighted by Gasteiger charge is 2.32. The maximum atomic E-state index is 12.2. The minimum absolute atomic E-state index is 0.140. The molecule has 0 radical (unpaired) electrons. The number of nitrogens with zero attached hydrogens (tertiary/aromatic N) is 1. The summed E-state index contributed by atoms with van der Waals surface area (Å²) in [6.07, 6.45) is -1.15. The Morgan fingerprint density at radius 1 is 1.35 bits per heavy atom. The van der Waals surface area contributed by atoms with Crippen LogP contribution in [0.15, 0.2) is 0 Å². The van der Waals surface area contributed by atoms with Gasteiger partial charge in [0, 0.05) is 20.7 Å². The van der Waals surface area contributed by atoms with Crippen molar-refractivity contribution < 1.29 is 33.8 Å². The molecule has 0 heterocycles. The molecule has 0 saturated carbocycles. The number of nitrogens with one attached hydrogen (secondary N) is 1. The summed E-state index contributed by atoms with van der Waals surface area (Å²) >= 11 is 0. The molecule has 0 rings (SSSR count). The molecule has 156 valence electrons. The number of ether oxygens (including phenoxy) is 2.